The van der Waals surface area contributed by atoms with Gasteiger partial charge in [0.1, 0.15) is 0 Å². The van der Waals surface area contributed by atoms with Crippen LogP contribution in [0.3, 0.4) is 0 Å². The zero-order chi connectivity index (χ0) is 11.4. The van der Waals surface area contributed by atoms with Crippen molar-refractivity contribution in [1.82, 2.24) is 15.1 Å². The van der Waals surface area contributed by atoms with Crippen molar-refractivity contribution in [2.45, 2.75) is 44.7 Å². The van der Waals surface area contributed by atoms with Crippen LogP contribution >= 0.6 is 0 Å². The number of nitrogens with zero attached hydrogens (tertiary/aromatic N) is 2. The normalized spacial score (nSPS) is 33.4. The molecule has 0 radical (unpaired) electrons. The van der Waals surface area contributed by atoms with Gasteiger partial charge in [-0.1, -0.05) is 6.92 Å². The van der Waals surface area contributed by atoms with Gasteiger partial charge in [-0.3, -0.25) is 4.90 Å². The van der Waals surface area contributed by atoms with Crippen LogP contribution in [0.25, 0.3) is 0 Å². The third-order valence-electron chi connectivity index (χ3n) is 4.02. The Morgan fingerprint density at radius 2 is 2.06 bits per heavy atom. The zero-order valence-electron chi connectivity index (χ0n) is 10.9. The largest absolute Gasteiger partial charge is 0.313 e. The molecule has 16 heavy (non-hydrogen) atoms. The van der Waals surface area contributed by atoms with Crippen LogP contribution in [0.4, 0.5) is 0 Å². The van der Waals surface area contributed by atoms with E-state index in [2.05, 4.69) is 29.1 Å². The highest BCUT2D eigenvalue weighted by Gasteiger charge is 2.29. The molecule has 94 valence electrons. The lowest BCUT2D eigenvalue weighted by molar-refractivity contribution is 0.139. The Balaban J connectivity index is 1.77. The number of rotatable bonds is 4. The summed E-state index contributed by atoms with van der Waals surface area (Å²) >= 11 is 0. The molecule has 2 unspecified atom stereocenters. The summed E-state index contributed by atoms with van der Waals surface area (Å²) in [6.07, 6.45) is 5.38. The van der Waals surface area contributed by atoms with Crippen molar-refractivity contribution in [3.63, 3.8) is 0 Å². The molecule has 0 bridgehead atoms. The number of nitrogens with one attached hydrogen (secondary N) is 1. The Hall–Kier alpha value is -0.120. The van der Waals surface area contributed by atoms with Crippen molar-refractivity contribution in [2.75, 3.05) is 39.8 Å². The Morgan fingerprint density at radius 1 is 1.19 bits per heavy atom. The maximum Gasteiger partial charge on any atom is 0.0235 e. The first-order valence-electron chi connectivity index (χ1n) is 6.95. The summed E-state index contributed by atoms with van der Waals surface area (Å²) < 4.78 is 0. The first-order chi connectivity index (χ1) is 7.79. The van der Waals surface area contributed by atoms with Gasteiger partial charge in [0, 0.05) is 25.2 Å². The molecule has 2 saturated heterocycles. The Morgan fingerprint density at radius 3 is 2.75 bits per heavy atom. The van der Waals surface area contributed by atoms with Gasteiger partial charge in [-0.25, -0.2) is 0 Å². The van der Waals surface area contributed by atoms with E-state index in [4.69, 9.17) is 0 Å². The SMILES string of the molecule is CCCNC1CCCN(C2CCN(C)C2)C1. The molecule has 0 spiro atoms. The van der Waals surface area contributed by atoms with E-state index < -0.39 is 0 Å². The average molecular weight is 225 g/mol. The summed E-state index contributed by atoms with van der Waals surface area (Å²) in [5, 5.41) is 3.68. The Bertz CT molecular complexity index is 207. The zero-order valence-corrected chi connectivity index (χ0v) is 10.9. The van der Waals surface area contributed by atoms with Crippen LogP contribution in [-0.4, -0.2) is 61.7 Å². The lowest BCUT2D eigenvalue weighted by atomic mass is 10.0. The second-order valence-corrected chi connectivity index (χ2v) is 5.49. The second-order valence-electron chi connectivity index (χ2n) is 5.49. The third-order valence-corrected chi connectivity index (χ3v) is 4.02. The van der Waals surface area contributed by atoms with E-state index in [0.717, 1.165) is 12.1 Å². The molecule has 2 aliphatic heterocycles. The van der Waals surface area contributed by atoms with E-state index in [0.29, 0.717) is 0 Å². The lowest BCUT2D eigenvalue weighted by Crippen LogP contribution is -2.50. The van der Waals surface area contributed by atoms with Gasteiger partial charge in [-0.05, 0) is 52.4 Å². The summed E-state index contributed by atoms with van der Waals surface area (Å²) in [5.74, 6) is 0. The fourth-order valence-corrected chi connectivity index (χ4v) is 3.06. The van der Waals surface area contributed by atoms with E-state index in [9.17, 15) is 0 Å². The highest BCUT2D eigenvalue weighted by molar-refractivity contribution is 4.87. The van der Waals surface area contributed by atoms with Crippen LogP contribution in [0.2, 0.25) is 0 Å². The topological polar surface area (TPSA) is 18.5 Å². The van der Waals surface area contributed by atoms with Gasteiger partial charge in [-0.2, -0.15) is 0 Å². The molecule has 0 saturated carbocycles. The van der Waals surface area contributed by atoms with Crippen LogP contribution in [0.1, 0.15) is 32.6 Å². The molecular weight excluding hydrogens is 198 g/mol. The molecule has 0 aromatic heterocycles. The molecule has 3 nitrogen and oxygen atoms in total. The van der Waals surface area contributed by atoms with E-state index in [1.54, 1.807) is 0 Å². The molecule has 0 aromatic carbocycles. The number of piperidine rings is 1. The molecule has 2 heterocycles. The lowest BCUT2D eigenvalue weighted by Gasteiger charge is -2.37. The van der Waals surface area contributed by atoms with E-state index in [1.807, 2.05) is 0 Å². The molecule has 0 aliphatic carbocycles. The fourth-order valence-electron chi connectivity index (χ4n) is 3.06. The maximum atomic E-state index is 3.68. The summed E-state index contributed by atoms with van der Waals surface area (Å²) in [6, 6.07) is 1.58. The third kappa shape index (κ3) is 3.19. The molecule has 1 N–H and O–H groups in total. The quantitative estimate of drug-likeness (QED) is 0.774. The second kappa shape index (κ2) is 5.99. The molecule has 2 fully saturated rings. The van der Waals surface area contributed by atoms with Crippen molar-refractivity contribution in [2.24, 2.45) is 0 Å². The minimum atomic E-state index is 0.750. The predicted molar refractivity (Wildman–Crippen MR) is 68.8 cm³/mol. The first kappa shape index (κ1) is 12.3. The van der Waals surface area contributed by atoms with Gasteiger partial charge < -0.3 is 10.2 Å². The van der Waals surface area contributed by atoms with Crippen LogP contribution in [0, 0.1) is 0 Å². The van der Waals surface area contributed by atoms with Gasteiger partial charge in [0.05, 0.1) is 0 Å². The number of likely N-dealkylation sites (N-methyl/N-ethyl adjacent to an activating group) is 1. The van der Waals surface area contributed by atoms with E-state index in [1.165, 1.54) is 58.4 Å². The van der Waals surface area contributed by atoms with Crippen molar-refractivity contribution in [1.29, 1.82) is 0 Å². The molecule has 2 aliphatic rings. The highest BCUT2D eigenvalue weighted by Crippen LogP contribution is 2.19. The summed E-state index contributed by atoms with van der Waals surface area (Å²) in [7, 11) is 2.25. The maximum absolute atomic E-state index is 3.68. The highest BCUT2D eigenvalue weighted by atomic mass is 15.3. The molecule has 0 aromatic rings. The van der Waals surface area contributed by atoms with Gasteiger partial charge in [0.25, 0.3) is 0 Å². The molecule has 0 amide bonds. The van der Waals surface area contributed by atoms with Crippen molar-refractivity contribution < 1.29 is 0 Å². The smallest absolute Gasteiger partial charge is 0.0235 e. The van der Waals surface area contributed by atoms with Gasteiger partial charge in [0.15, 0.2) is 0 Å². The van der Waals surface area contributed by atoms with Crippen LogP contribution in [0.5, 0.6) is 0 Å². The number of likely N-dealkylation sites (tertiary alicyclic amines) is 2. The molecule has 2 rings (SSSR count). The van der Waals surface area contributed by atoms with E-state index >= 15 is 0 Å². The summed E-state index contributed by atoms with van der Waals surface area (Å²) in [5.41, 5.74) is 0. The number of hydrogen-bond donors (Lipinski definition) is 1. The molecule has 2 atom stereocenters. The van der Waals surface area contributed by atoms with Crippen LogP contribution < -0.4 is 5.32 Å². The summed E-state index contributed by atoms with van der Waals surface area (Å²) in [4.78, 5) is 5.19. The van der Waals surface area contributed by atoms with Crippen molar-refractivity contribution >= 4 is 0 Å². The van der Waals surface area contributed by atoms with Gasteiger partial charge in [0.2, 0.25) is 0 Å². The minimum absolute atomic E-state index is 0.750. The Labute approximate surface area is 100 Å². The first-order valence-corrected chi connectivity index (χ1v) is 6.95. The van der Waals surface area contributed by atoms with E-state index in [-0.39, 0.29) is 0 Å². The minimum Gasteiger partial charge on any atom is -0.313 e. The van der Waals surface area contributed by atoms with Crippen molar-refractivity contribution in [3.8, 4) is 0 Å². The molecule has 3 heteroatoms. The monoisotopic (exact) mass is 225 g/mol. The van der Waals surface area contributed by atoms with Crippen LogP contribution in [-0.2, 0) is 0 Å². The standard InChI is InChI=1S/C13H27N3/c1-3-7-14-12-5-4-8-16(10-12)13-6-9-15(2)11-13/h12-14H,3-11H2,1-2H3. The summed E-state index contributed by atoms with van der Waals surface area (Å²) in [6.45, 7) is 8.60. The van der Waals surface area contributed by atoms with Gasteiger partial charge >= 0.3 is 0 Å². The van der Waals surface area contributed by atoms with Gasteiger partial charge in [-0.15, -0.1) is 0 Å². The fraction of sp³-hybridized carbons (Fsp3) is 1.00. The predicted octanol–water partition coefficient (Wildman–Crippen LogP) is 1.15. The van der Waals surface area contributed by atoms with Crippen molar-refractivity contribution in [3.05, 3.63) is 0 Å². The molecular formula is C13H27N3. The average Bonchev–Trinajstić information content (AvgIpc) is 2.74. The van der Waals surface area contributed by atoms with Crippen LogP contribution in [0.15, 0.2) is 0 Å². The Kier molecular flexibility index (Phi) is 4.62. The number of hydrogen-bond acceptors (Lipinski definition) is 3.